The maximum absolute atomic E-state index is 13.9. The Labute approximate surface area is 176 Å². The van der Waals surface area contributed by atoms with Crippen molar-refractivity contribution in [2.45, 2.75) is 55.8 Å². The predicted molar refractivity (Wildman–Crippen MR) is 89.3 cm³/mol. The van der Waals surface area contributed by atoms with E-state index in [1.807, 2.05) is 4.72 Å². The third-order valence-corrected chi connectivity index (χ3v) is 5.66. The Morgan fingerprint density at radius 3 is 1.66 bits per heavy atom. The van der Waals surface area contributed by atoms with Gasteiger partial charge in [-0.3, -0.25) is 0 Å². The molecular weight excluding hydrogens is 500 g/mol. The van der Waals surface area contributed by atoms with E-state index in [0.717, 1.165) is 0 Å². The van der Waals surface area contributed by atoms with E-state index in [-0.39, 0.29) is 13.0 Å². The molecule has 0 aromatic heterocycles. The predicted octanol–water partition coefficient (Wildman–Crippen LogP) is 4.67. The molecule has 0 bridgehead atoms. The highest BCUT2D eigenvalue weighted by atomic mass is 32.2. The van der Waals surface area contributed by atoms with Gasteiger partial charge in [-0.1, -0.05) is 0 Å². The monoisotopic (exact) mass is 522 g/mol. The Kier molecular flexibility index (Phi) is 10.2. The minimum atomic E-state index is -6.86. The highest BCUT2D eigenvalue weighted by Gasteiger charge is 2.74. The number of rotatable bonds is 12. The first-order valence-corrected chi connectivity index (χ1v) is 10.5. The van der Waals surface area contributed by atoms with E-state index >= 15 is 0 Å². The average Bonchev–Trinajstić information content (AvgIpc) is 2.53. The number of halogens is 12. The summed E-state index contributed by atoms with van der Waals surface area (Å²) in [7, 11) is -1.13. The number of alkyl halides is 12. The first-order valence-electron chi connectivity index (χ1n) is 8.82. The van der Waals surface area contributed by atoms with Crippen LogP contribution in [0.2, 0.25) is 0 Å². The first kappa shape index (κ1) is 31.0. The minimum absolute atomic E-state index is 0.210. The zero-order chi connectivity index (χ0) is 25.8. The molecule has 1 unspecified atom stereocenters. The summed E-state index contributed by atoms with van der Waals surface area (Å²) in [4.78, 5) is 1.66. The molecule has 0 saturated heterocycles. The second-order valence-corrected chi connectivity index (χ2v) is 9.35. The van der Waals surface area contributed by atoms with Crippen LogP contribution in [0.4, 0.5) is 52.7 Å². The molecule has 4 nitrogen and oxygen atoms in total. The summed E-state index contributed by atoms with van der Waals surface area (Å²) < 4.78 is 181. The summed E-state index contributed by atoms with van der Waals surface area (Å²) >= 11 is 0. The highest BCUT2D eigenvalue weighted by molar-refractivity contribution is 7.89. The third-order valence-electron chi connectivity index (χ3n) is 4.27. The Balaban J connectivity index is 5.39. The van der Waals surface area contributed by atoms with Crippen molar-refractivity contribution >= 4 is 10.0 Å². The molecule has 1 atom stereocenters. The van der Waals surface area contributed by atoms with Crippen molar-refractivity contribution in [2.24, 2.45) is 5.92 Å². The van der Waals surface area contributed by atoms with Crippen molar-refractivity contribution in [1.29, 1.82) is 0 Å². The third kappa shape index (κ3) is 9.89. The summed E-state index contributed by atoms with van der Waals surface area (Å²) in [5, 5.41) is 0. The summed E-state index contributed by atoms with van der Waals surface area (Å²) in [5.41, 5.74) is -6.39. The molecule has 32 heavy (non-hydrogen) atoms. The quantitative estimate of drug-likeness (QED) is 0.299. The maximum Gasteiger partial charge on any atom is 0.431 e. The van der Waals surface area contributed by atoms with Crippen molar-refractivity contribution in [2.75, 3.05) is 32.9 Å². The molecule has 0 rings (SSSR count). The van der Waals surface area contributed by atoms with Crippen LogP contribution >= 0.6 is 0 Å². The van der Waals surface area contributed by atoms with Crippen molar-refractivity contribution in [3.63, 3.8) is 0 Å². The van der Waals surface area contributed by atoms with Crippen LogP contribution in [0, 0.1) is 5.92 Å². The van der Waals surface area contributed by atoms with Crippen LogP contribution in [0.25, 0.3) is 0 Å². The van der Waals surface area contributed by atoms with Crippen molar-refractivity contribution < 1.29 is 61.1 Å². The van der Waals surface area contributed by atoms with Crippen molar-refractivity contribution in [3.8, 4) is 0 Å². The van der Waals surface area contributed by atoms with Crippen LogP contribution in [0.15, 0.2) is 0 Å². The molecule has 0 heterocycles. The second-order valence-electron chi connectivity index (χ2n) is 7.42. The fourth-order valence-electron chi connectivity index (χ4n) is 2.48. The second kappa shape index (κ2) is 10.5. The fourth-order valence-corrected chi connectivity index (χ4v) is 3.64. The van der Waals surface area contributed by atoms with Crippen LogP contribution in [0.5, 0.6) is 0 Å². The maximum atomic E-state index is 13.9. The summed E-state index contributed by atoms with van der Waals surface area (Å²) in [6.07, 6.45) is -27.4. The Morgan fingerprint density at radius 2 is 1.28 bits per heavy atom. The van der Waals surface area contributed by atoms with Crippen LogP contribution in [-0.4, -0.2) is 76.4 Å². The van der Waals surface area contributed by atoms with Gasteiger partial charge in [-0.15, -0.1) is 0 Å². The van der Waals surface area contributed by atoms with Gasteiger partial charge in [0, 0.05) is 25.8 Å². The molecule has 194 valence electrons. The van der Waals surface area contributed by atoms with E-state index in [2.05, 4.69) is 0 Å². The zero-order valence-electron chi connectivity index (χ0n) is 16.7. The van der Waals surface area contributed by atoms with E-state index in [0.29, 0.717) is 6.54 Å². The normalized spacial score (nSPS) is 16.0. The zero-order valence-corrected chi connectivity index (χ0v) is 17.6. The molecule has 0 amide bonds. The lowest BCUT2D eigenvalue weighted by Gasteiger charge is -2.34. The van der Waals surface area contributed by atoms with Gasteiger partial charge in [0.25, 0.3) is 5.67 Å². The Hall–Kier alpha value is -0.970. The number of hydrogen-bond acceptors (Lipinski definition) is 3. The number of sulfonamides is 1. The lowest BCUT2D eigenvalue weighted by molar-refractivity contribution is -0.353. The van der Waals surface area contributed by atoms with Crippen LogP contribution in [0.3, 0.4) is 0 Å². The lowest BCUT2D eigenvalue weighted by Crippen LogP contribution is -2.55. The first-order chi connectivity index (χ1) is 13.9. The van der Waals surface area contributed by atoms with Gasteiger partial charge in [0.15, 0.2) is 0 Å². The molecule has 0 radical (unpaired) electrons. The highest BCUT2D eigenvalue weighted by Crippen LogP contribution is 2.53. The number of nitrogens with one attached hydrogen (secondary N) is 1. The van der Waals surface area contributed by atoms with Gasteiger partial charge < -0.3 is 4.90 Å². The largest absolute Gasteiger partial charge is 0.431 e. The van der Waals surface area contributed by atoms with E-state index in [1.165, 1.54) is 0 Å². The number of nitrogens with zero attached hydrogens (tertiary/aromatic N) is 1. The van der Waals surface area contributed by atoms with Gasteiger partial charge in [0.05, 0.1) is 11.7 Å². The molecule has 1 N–H and O–H groups in total. The van der Waals surface area contributed by atoms with Gasteiger partial charge in [0.2, 0.25) is 15.9 Å². The van der Waals surface area contributed by atoms with E-state index < -0.39 is 71.1 Å². The van der Waals surface area contributed by atoms with Gasteiger partial charge in [-0.2, -0.15) is 39.5 Å². The SMILES string of the molecule is CN(C)CCCNS(=O)(=O)CCC(F)(F)CC(CC(F)(C(F)(F)F)C(F)(F)F)C(F)(F)F. The molecule has 0 aliphatic rings. The molecule has 0 aromatic rings. The fraction of sp³-hybridized carbons (Fsp3) is 1.00. The van der Waals surface area contributed by atoms with Gasteiger partial charge >= 0.3 is 18.5 Å². The molecule has 0 spiro atoms. The van der Waals surface area contributed by atoms with Crippen LogP contribution in [0.1, 0.15) is 25.7 Å². The van der Waals surface area contributed by atoms with E-state index in [1.54, 1.807) is 19.0 Å². The minimum Gasteiger partial charge on any atom is -0.309 e. The standard InChI is InChI=1S/C15H22F12N2O2S/c1-29(2)6-3-5-28-32(30,31)7-4-11(16,17)8-10(13(19,20)21)9-12(18,14(22,23)24)15(25,26)27/h10,28H,3-9H2,1-2H3. The molecular formula is C15H22F12N2O2S. The van der Waals surface area contributed by atoms with E-state index in [4.69, 9.17) is 0 Å². The molecule has 0 aromatic carbocycles. The molecule has 0 fully saturated rings. The van der Waals surface area contributed by atoms with Crippen LogP contribution in [-0.2, 0) is 10.0 Å². The number of hydrogen-bond donors (Lipinski definition) is 1. The van der Waals surface area contributed by atoms with E-state index in [9.17, 15) is 61.1 Å². The van der Waals surface area contributed by atoms with Gasteiger partial charge in [-0.25, -0.2) is 26.3 Å². The van der Waals surface area contributed by atoms with Crippen LogP contribution < -0.4 is 4.72 Å². The summed E-state index contributed by atoms with van der Waals surface area (Å²) in [6, 6.07) is 0. The molecule has 17 heteroatoms. The average molecular weight is 522 g/mol. The summed E-state index contributed by atoms with van der Waals surface area (Å²) in [5.74, 6) is -10.2. The molecule has 0 aliphatic carbocycles. The Bertz CT molecular complexity index is 672. The smallest absolute Gasteiger partial charge is 0.309 e. The molecule has 0 saturated carbocycles. The molecule has 0 aliphatic heterocycles. The van der Waals surface area contributed by atoms with Crippen molar-refractivity contribution in [3.05, 3.63) is 0 Å². The summed E-state index contributed by atoms with van der Waals surface area (Å²) in [6.45, 7) is 0.189. The van der Waals surface area contributed by atoms with Crippen molar-refractivity contribution in [1.82, 2.24) is 9.62 Å². The lowest BCUT2D eigenvalue weighted by atomic mass is 9.86. The van der Waals surface area contributed by atoms with Gasteiger partial charge in [-0.05, 0) is 27.1 Å². The Morgan fingerprint density at radius 1 is 0.812 bits per heavy atom. The topological polar surface area (TPSA) is 49.4 Å². The van der Waals surface area contributed by atoms with Gasteiger partial charge in [0.1, 0.15) is 0 Å².